The highest BCUT2D eigenvalue weighted by Crippen LogP contribution is 2.14. The lowest BCUT2D eigenvalue weighted by atomic mass is 10.1. The van der Waals surface area contributed by atoms with Gasteiger partial charge in [0.05, 0.1) is 13.2 Å². The van der Waals surface area contributed by atoms with Crippen molar-refractivity contribution in [3.8, 4) is 5.75 Å². The highest BCUT2D eigenvalue weighted by atomic mass is 16.5. The van der Waals surface area contributed by atoms with Crippen LogP contribution in [0.3, 0.4) is 0 Å². The highest BCUT2D eigenvalue weighted by molar-refractivity contribution is 5.92. The van der Waals surface area contributed by atoms with Crippen LogP contribution < -0.4 is 10.1 Å². The smallest absolute Gasteiger partial charge is 0.244 e. The van der Waals surface area contributed by atoms with Crippen molar-refractivity contribution < 1.29 is 9.53 Å². The van der Waals surface area contributed by atoms with E-state index < -0.39 is 0 Å². The van der Waals surface area contributed by atoms with Crippen molar-refractivity contribution in [2.24, 2.45) is 0 Å². The van der Waals surface area contributed by atoms with E-state index in [9.17, 15) is 4.79 Å². The summed E-state index contributed by atoms with van der Waals surface area (Å²) in [4.78, 5) is 11.9. The van der Waals surface area contributed by atoms with E-state index >= 15 is 0 Å². The molecule has 0 bridgehead atoms. The van der Waals surface area contributed by atoms with Gasteiger partial charge in [0.25, 0.3) is 0 Å². The van der Waals surface area contributed by atoms with Crippen molar-refractivity contribution in [3.05, 3.63) is 71.8 Å². The van der Waals surface area contributed by atoms with Gasteiger partial charge in [-0.3, -0.25) is 4.79 Å². The Labute approximate surface area is 125 Å². The summed E-state index contributed by atoms with van der Waals surface area (Å²) in [6, 6.07) is 17.4. The zero-order chi connectivity index (χ0) is 15.1. The summed E-state index contributed by atoms with van der Waals surface area (Å²) < 4.78 is 5.15. The van der Waals surface area contributed by atoms with Gasteiger partial charge in [0.2, 0.25) is 5.91 Å². The number of hydrogen-bond acceptors (Lipinski definition) is 2. The molecule has 1 amide bonds. The number of rotatable bonds is 5. The predicted octanol–water partition coefficient (Wildman–Crippen LogP) is 3.59. The van der Waals surface area contributed by atoms with Crippen molar-refractivity contribution in [2.45, 2.75) is 13.0 Å². The van der Waals surface area contributed by atoms with E-state index in [1.165, 1.54) is 6.08 Å². The zero-order valence-electron chi connectivity index (χ0n) is 12.2. The Hall–Kier alpha value is -2.55. The molecule has 1 N–H and O–H groups in total. The van der Waals surface area contributed by atoms with Crippen molar-refractivity contribution >= 4 is 12.0 Å². The average Bonchev–Trinajstić information content (AvgIpc) is 2.54. The van der Waals surface area contributed by atoms with Crippen LogP contribution in [0, 0.1) is 0 Å². The van der Waals surface area contributed by atoms with E-state index in [-0.39, 0.29) is 11.9 Å². The number of nitrogens with one attached hydrogen (secondary N) is 1. The second-order valence-corrected chi connectivity index (χ2v) is 4.75. The van der Waals surface area contributed by atoms with Crippen molar-refractivity contribution in [2.75, 3.05) is 7.11 Å². The van der Waals surface area contributed by atoms with E-state index in [1.807, 2.05) is 61.5 Å². The molecule has 0 saturated heterocycles. The molecule has 0 aliphatic carbocycles. The first-order chi connectivity index (χ1) is 10.2. The fourth-order valence-corrected chi connectivity index (χ4v) is 2.00. The fraction of sp³-hybridized carbons (Fsp3) is 0.167. The molecule has 0 saturated carbocycles. The number of carbonyl (C=O) groups is 1. The van der Waals surface area contributed by atoms with Crippen LogP contribution in [0.25, 0.3) is 6.08 Å². The SMILES string of the molecule is COc1cccc(/C=C/C(=O)NC(C)c2ccccc2)c1. The van der Waals surface area contributed by atoms with Gasteiger partial charge >= 0.3 is 0 Å². The quantitative estimate of drug-likeness (QED) is 0.851. The Morgan fingerprint density at radius 3 is 2.62 bits per heavy atom. The molecule has 0 aliphatic rings. The first kappa shape index (κ1) is 14.9. The van der Waals surface area contributed by atoms with E-state index in [0.29, 0.717) is 0 Å². The van der Waals surface area contributed by atoms with Crippen LogP contribution in [-0.2, 0) is 4.79 Å². The second-order valence-electron chi connectivity index (χ2n) is 4.75. The summed E-state index contributed by atoms with van der Waals surface area (Å²) in [6.45, 7) is 1.96. The summed E-state index contributed by atoms with van der Waals surface area (Å²) in [5.41, 5.74) is 2.01. The number of carbonyl (C=O) groups excluding carboxylic acids is 1. The van der Waals surface area contributed by atoms with Gasteiger partial charge in [-0.15, -0.1) is 0 Å². The molecule has 3 heteroatoms. The molecule has 0 heterocycles. The van der Waals surface area contributed by atoms with Gasteiger partial charge in [0.1, 0.15) is 5.75 Å². The number of amides is 1. The Kier molecular flexibility index (Phi) is 5.16. The molecule has 2 rings (SSSR count). The molecule has 2 aromatic carbocycles. The third-order valence-electron chi connectivity index (χ3n) is 3.18. The number of ether oxygens (including phenoxy) is 1. The lowest BCUT2D eigenvalue weighted by molar-refractivity contribution is -0.117. The Bertz CT molecular complexity index is 620. The van der Waals surface area contributed by atoms with Crippen LogP contribution >= 0.6 is 0 Å². The molecule has 3 nitrogen and oxygen atoms in total. The third kappa shape index (κ3) is 4.49. The van der Waals surface area contributed by atoms with Crippen molar-refractivity contribution in [1.29, 1.82) is 0 Å². The molecule has 108 valence electrons. The van der Waals surface area contributed by atoms with Gasteiger partial charge in [-0.1, -0.05) is 42.5 Å². The third-order valence-corrected chi connectivity index (χ3v) is 3.18. The second kappa shape index (κ2) is 7.29. The molecule has 0 spiro atoms. The summed E-state index contributed by atoms with van der Waals surface area (Å²) in [7, 11) is 1.62. The maximum absolute atomic E-state index is 11.9. The van der Waals surface area contributed by atoms with E-state index in [2.05, 4.69) is 5.32 Å². The minimum atomic E-state index is -0.117. The zero-order valence-corrected chi connectivity index (χ0v) is 12.2. The Morgan fingerprint density at radius 2 is 1.90 bits per heavy atom. The summed E-state index contributed by atoms with van der Waals surface area (Å²) in [6.07, 6.45) is 3.31. The minimum absolute atomic E-state index is 0.0198. The molecular weight excluding hydrogens is 262 g/mol. The van der Waals surface area contributed by atoms with Gasteiger partial charge in [0.15, 0.2) is 0 Å². The summed E-state index contributed by atoms with van der Waals surface area (Å²) in [5.74, 6) is 0.657. The molecule has 1 atom stereocenters. The van der Waals surface area contributed by atoms with Crippen LogP contribution in [0.5, 0.6) is 5.75 Å². The van der Waals surface area contributed by atoms with Gasteiger partial charge in [-0.25, -0.2) is 0 Å². The minimum Gasteiger partial charge on any atom is -0.497 e. The molecule has 1 unspecified atom stereocenters. The first-order valence-electron chi connectivity index (χ1n) is 6.86. The largest absolute Gasteiger partial charge is 0.497 e. The van der Waals surface area contributed by atoms with Crippen LogP contribution in [-0.4, -0.2) is 13.0 Å². The normalized spacial score (nSPS) is 12.1. The van der Waals surface area contributed by atoms with Crippen LogP contribution in [0.2, 0.25) is 0 Å². The number of methoxy groups -OCH3 is 1. The standard InChI is InChI=1S/C18H19NO2/c1-14(16-8-4-3-5-9-16)19-18(20)12-11-15-7-6-10-17(13-15)21-2/h3-14H,1-2H3,(H,19,20)/b12-11+. The highest BCUT2D eigenvalue weighted by Gasteiger charge is 2.06. The van der Waals surface area contributed by atoms with Gasteiger partial charge in [0, 0.05) is 6.08 Å². The monoisotopic (exact) mass is 281 g/mol. The van der Waals surface area contributed by atoms with E-state index in [4.69, 9.17) is 4.74 Å². The number of hydrogen-bond donors (Lipinski definition) is 1. The molecule has 0 aliphatic heterocycles. The van der Waals surface area contributed by atoms with Crippen molar-refractivity contribution in [1.82, 2.24) is 5.32 Å². The van der Waals surface area contributed by atoms with E-state index in [0.717, 1.165) is 16.9 Å². The molecule has 0 fully saturated rings. The van der Waals surface area contributed by atoms with E-state index in [1.54, 1.807) is 13.2 Å². The lowest BCUT2D eigenvalue weighted by Crippen LogP contribution is -2.24. The van der Waals surface area contributed by atoms with Gasteiger partial charge in [-0.05, 0) is 36.3 Å². The topological polar surface area (TPSA) is 38.3 Å². The van der Waals surface area contributed by atoms with Gasteiger partial charge in [-0.2, -0.15) is 0 Å². The average molecular weight is 281 g/mol. The molecule has 0 radical (unpaired) electrons. The predicted molar refractivity (Wildman–Crippen MR) is 85.0 cm³/mol. The molecule has 0 aromatic heterocycles. The van der Waals surface area contributed by atoms with Crippen LogP contribution in [0.15, 0.2) is 60.7 Å². The summed E-state index contributed by atoms with van der Waals surface area (Å²) >= 11 is 0. The van der Waals surface area contributed by atoms with Gasteiger partial charge < -0.3 is 10.1 Å². The molecule has 21 heavy (non-hydrogen) atoms. The Balaban J connectivity index is 1.96. The molecular formula is C18H19NO2. The maximum Gasteiger partial charge on any atom is 0.244 e. The maximum atomic E-state index is 11.9. The Morgan fingerprint density at radius 1 is 1.14 bits per heavy atom. The van der Waals surface area contributed by atoms with Crippen molar-refractivity contribution in [3.63, 3.8) is 0 Å². The first-order valence-corrected chi connectivity index (χ1v) is 6.86. The number of benzene rings is 2. The molecule has 2 aromatic rings. The fourth-order valence-electron chi connectivity index (χ4n) is 2.00. The van der Waals surface area contributed by atoms with Crippen LogP contribution in [0.1, 0.15) is 24.1 Å². The lowest BCUT2D eigenvalue weighted by Gasteiger charge is -2.12. The summed E-state index contributed by atoms with van der Waals surface area (Å²) in [5, 5.41) is 2.94. The van der Waals surface area contributed by atoms with Crippen LogP contribution in [0.4, 0.5) is 0 Å².